The first-order valence-electron chi connectivity index (χ1n) is 7.43. The van der Waals surface area contributed by atoms with Crippen LogP contribution in [-0.4, -0.2) is 26.0 Å². The number of fused-ring (bicyclic) bond motifs is 1. The van der Waals surface area contributed by atoms with Crippen LogP contribution in [0.15, 0.2) is 50.5 Å². The summed E-state index contributed by atoms with van der Waals surface area (Å²) < 4.78 is 37.6. The summed E-state index contributed by atoms with van der Waals surface area (Å²) in [5.74, 6) is -1.39. The van der Waals surface area contributed by atoms with E-state index in [0.29, 0.717) is 0 Å². The minimum absolute atomic E-state index is 0.0395. The summed E-state index contributed by atoms with van der Waals surface area (Å²) >= 11 is 6.04. The Balaban J connectivity index is 2.04. The Morgan fingerprint density at radius 1 is 1.31 bits per heavy atom. The highest BCUT2D eigenvalue weighted by Gasteiger charge is 2.23. The summed E-state index contributed by atoms with van der Waals surface area (Å²) in [6.07, 6.45) is 0. The number of oxazole rings is 1. The van der Waals surface area contributed by atoms with E-state index in [1.807, 2.05) is 0 Å². The van der Waals surface area contributed by atoms with Crippen LogP contribution in [0.25, 0.3) is 11.1 Å². The van der Waals surface area contributed by atoms with Gasteiger partial charge in [0.05, 0.1) is 28.4 Å². The SMILES string of the molecule is CCOC(=O)c1ccccc1NS(=O)(=O)c1cc2oc(=O)[nH]c2cc1Cl. The van der Waals surface area contributed by atoms with E-state index in [1.54, 1.807) is 19.1 Å². The van der Waals surface area contributed by atoms with Crippen LogP contribution < -0.4 is 10.5 Å². The number of hydrogen-bond acceptors (Lipinski definition) is 6. The second-order valence-corrected chi connectivity index (χ2v) is 7.22. The van der Waals surface area contributed by atoms with Gasteiger partial charge in [0, 0.05) is 6.07 Å². The number of anilines is 1. The Morgan fingerprint density at radius 2 is 2.04 bits per heavy atom. The van der Waals surface area contributed by atoms with Gasteiger partial charge in [-0.15, -0.1) is 0 Å². The van der Waals surface area contributed by atoms with Crippen LogP contribution in [0.2, 0.25) is 5.02 Å². The first kappa shape index (κ1) is 18.0. The zero-order chi connectivity index (χ0) is 18.9. The number of aromatic amines is 1. The maximum absolute atomic E-state index is 12.7. The number of carbonyl (C=O) groups excluding carboxylic acids is 1. The molecule has 0 aliphatic heterocycles. The molecule has 0 amide bonds. The number of carbonyl (C=O) groups is 1. The van der Waals surface area contributed by atoms with Crippen LogP contribution in [0, 0.1) is 0 Å². The van der Waals surface area contributed by atoms with Crippen molar-refractivity contribution >= 4 is 44.4 Å². The normalized spacial score (nSPS) is 11.5. The topological polar surface area (TPSA) is 118 Å². The molecule has 1 aromatic heterocycles. The van der Waals surface area contributed by atoms with Gasteiger partial charge < -0.3 is 9.15 Å². The molecule has 0 saturated carbocycles. The number of esters is 1. The number of H-pyrrole nitrogens is 1. The molecule has 0 atom stereocenters. The standard InChI is InChI=1S/C16H13ClN2O6S/c1-2-24-15(20)9-5-3-4-6-11(9)19-26(22,23)14-8-13-12(7-10(14)17)18-16(21)25-13/h3-8,19H,2H2,1H3,(H,18,21). The van der Waals surface area contributed by atoms with Gasteiger partial charge in [-0.2, -0.15) is 0 Å². The molecule has 0 aliphatic rings. The van der Waals surface area contributed by atoms with Crippen molar-refractivity contribution in [1.29, 1.82) is 0 Å². The number of para-hydroxylation sites is 1. The second kappa shape index (κ2) is 6.85. The number of sulfonamides is 1. The first-order valence-corrected chi connectivity index (χ1v) is 9.29. The van der Waals surface area contributed by atoms with Crippen LogP contribution in [-0.2, 0) is 14.8 Å². The van der Waals surface area contributed by atoms with Crippen molar-refractivity contribution in [2.45, 2.75) is 11.8 Å². The summed E-state index contributed by atoms with van der Waals surface area (Å²) in [6, 6.07) is 8.41. The molecular weight excluding hydrogens is 384 g/mol. The number of benzene rings is 2. The fourth-order valence-corrected chi connectivity index (χ4v) is 3.94. The van der Waals surface area contributed by atoms with E-state index < -0.39 is 21.7 Å². The monoisotopic (exact) mass is 396 g/mol. The minimum atomic E-state index is -4.16. The molecule has 0 spiro atoms. The lowest BCUT2D eigenvalue weighted by atomic mass is 10.2. The third kappa shape index (κ3) is 3.44. The molecule has 0 aliphatic carbocycles. The van der Waals surface area contributed by atoms with E-state index in [2.05, 4.69) is 9.71 Å². The highest BCUT2D eigenvalue weighted by molar-refractivity contribution is 7.92. The number of hydrogen-bond donors (Lipinski definition) is 2. The van der Waals surface area contributed by atoms with Crippen molar-refractivity contribution in [3.8, 4) is 0 Å². The average molecular weight is 397 g/mol. The zero-order valence-electron chi connectivity index (χ0n) is 13.4. The number of nitrogens with one attached hydrogen (secondary N) is 2. The molecule has 3 aromatic rings. The van der Waals surface area contributed by atoms with Crippen molar-refractivity contribution < 1.29 is 22.4 Å². The molecule has 0 radical (unpaired) electrons. The molecule has 0 unspecified atom stereocenters. The molecule has 26 heavy (non-hydrogen) atoms. The molecule has 10 heteroatoms. The highest BCUT2D eigenvalue weighted by Crippen LogP contribution is 2.29. The van der Waals surface area contributed by atoms with Gasteiger partial charge in [0.2, 0.25) is 0 Å². The third-order valence-corrected chi connectivity index (χ3v) is 5.26. The smallest absolute Gasteiger partial charge is 0.417 e. The lowest BCUT2D eigenvalue weighted by Gasteiger charge is -2.12. The lowest BCUT2D eigenvalue weighted by molar-refractivity contribution is 0.0527. The van der Waals surface area contributed by atoms with Gasteiger partial charge in [-0.25, -0.2) is 18.0 Å². The molecular formula is C16H13ClN2O6S. The number of aromatic nitrogens is 1. The molecule has 0 saturated heterocycles. The molecule has 2 N–H and O–H groups in total. The van der Waals surface area contributed by atoms with Gasteiger partial charge >= 0.3 is 11.7 Å². The Labute approximate surface area is 152 Å². The molecule has 8 nitrogen and oxygen atoms in total. The van der Waals surface area contributed by atoms with Crippen molar-refractivity contribution in [1.82, 2.24) is 4.98 Å². The molecule has 3 rings (SSSR count). The molecule has 1 heterocycles. The third-order valence-electron chi connectivity index (χ3n) is 3.43. The molecule has 0 bridgehead atoms. The van der Waals surface area contributed by atoms with Crippen LogP contribution in [0.4, 0.5) is 5.69 Å². The predicted octanol–water partition coefficient (Wildman–Crippen LogP) is 2.75. The number of ether oxygens (including phenoxy) is 1. The van der Waals surface area contributed by atoms with Crippen molar-refractivity contribution in [2.75, 3.05) is 11.3 Å². The van der Waals surface area contributed by atoms with Crippen molar-refractivity contribution in [2.24, 2.45) is 0 Å². The van der Waals surface area contributed by atoms with Crippen LogP contribution in [0.3, 0.4) is 0 Å². The van der Waals surface area contributed by atoms with Crippen molar-refractivity contribution in [3.05, 3.63) is 57.5 Å². The molecule has 0 fully saturated rings. The summed E-state index contributed by atoms with van der Waals surface area (Å²) in [6.45, 7) is 1.79. The summed E-state index contributed by atoms with van der Waals surface area (Å²) in [5.41, 5.74) is 0.408. The van der Waals surface area contributed by atoms with E-state index in [0.717, 1.165) is 6.07 Å². The highest BCUT2D eigenvalue weighted by atomic mass is 35.5. The Hall–Kier alpha value is -2.78. The van der Waals surface area contributed by atoms with E-state index in [-0.39, 0.29) is 38.9 Å². The number of halogens is 1. The van der Waals surface area contributed by atoms with Crippen molar-refractivity contribution in [3.63, 3.8) is 0 Å². The van der Waals surface area contributed by atoms with E-state index >= 15 is 0 Å². The predicted molar refractivity (Wildman–Crippen MR) is 95.1 cm³/mol. The van der Waals surface area contributed by atoms with Gasteiger partial charge in [0.25, 0.3) is 10.0 Å². The first-order chi connectivity index (χ1) is 12.3. The maximum atomic E-state index is 12.7. The average Bonchev–Trinajstić information content (AvgIpc) is 2.93. The van der Waals surface area contributed by atoms with Gasteiger partial charge in [0.15, 0.2) is 5.58 Å². The lowest BCUT2D eigenvalue weighted by Crippen LogP contribution is -2.17. The fraction of sp³-hybridized carbons (Fsp3) is 0.125. The fourth-order valence-electron chi connectivity index (χ4n) is 2.32. The Morgan fingerprint density at radius 3 is 2.77 bits per heavy atom. The quantitative estimate of drug-likeness (QED) is 0.640. The van der Waals surface area contributed by atoms with E-state index in [4.69, 9.17) is 20.8 Å². The zero-order valence-corrected chi connectivity index (χ0v) is 15.0. The molecule has 136 valence electrons. The Kier molecular flexibility index (Phi) is 4.75. The Bertz CT molecular complexity index is 1150. The van der Waals surface area contributed by atoms with Gasteiger partial charge in [0.1, 0.15) is 4.90 Å². The van der Waals surface area contributed by atoms with Crippen LogP contribution >= 0.6 is 11.6 Å². The van der Waals surface area contributed by atoms with E-state index in [1.165, 1.54) is 18.2 Å². The maximum Gasteiger partial charge on any atom is 0.417 e. The molecule has 2 aromatic carbocycles. The van der Waals surface area contributed by atoms with Crippen LogP contribution in [0.1, 0.15) is 17.3 Å². The summed E-state index contributed by atoms with van der Waals surface area (Å²) in [7, 11) is -4.16. The van der Waals surface area contributed by atoms with Gasteiger partial charge in [-0.3, -0.25) is 9.71 Å². The largest absolute Gasteiger partial charge is 0.462 e. The van der Waals surface area contributed by atoms with Crippen LogP contribution in [0.5, 0.6) is 0 Å². The second-order valence-electron chi connectivity index (χ2n) is 5.16. The van der Waals surface area contributed by atoms with Gasteiger partial charge in [-0.05, 0) is 25.1 Å². The minimum Gasteiger partial charge on any atom is -0.462 e. The number of rotatable bonds is 5. The van der Waals surface area contributed by atoms with E-state index in [9.17, 15) is 18.0 Å². The summed E-state index contributed by atoms with van der Waals surface area (Å²) in [4.78, 5) is 25.3. The summed E-state index contributed by atoms with van der Waals surface area (Å²) in [5, 5.41) is -0.115. The van der Waals surface area contributed by atoms with Gasteiger partial charge in [-0.1, -0.05) is 23.7 Å².